The zero-order valence-corrected chi connectivity index (χ0v) is 11.8. The van der Waals surface area contributed by atoms with E-state index in [1.165, 1.54) is 14.0 Å². The van der Waals surface area contributed by atoms with Crippen LogP contribution in [0.2, 0.25) is 5.02 Å². The first kappa shape index (κ1) is 16.8. The summed E-state index contributed by atoms with van der Waals surface area (Å²) in [7, 11) is 1.29. The number of rotatable bonds is 3. The molecule has 1 aromatic carbocycles. The molecule has 0 aliphatic carbocycles. The first-order valence-electron chi connectivity index (χ1n) is 5.64. The quantitative estimate of drug-likeness (QED) is 0.654. The molecule has 0 aliphatic heterocycles. The number of esters is 1. The third-order valence-corrected chi connectivity index (χ3v) is 2.66. The number of nitrogens with one attached hydrogen (secondary N) is 2. The second kappa shape index (κ2) is 6.98. The number of halogens is 3. The fourth-order valence-corrected chi connectivity index (χ4v) is 1.46. The average molecular weight is 321 g/mol. The minimum absolute atomic E-state index is 0.363. The van der Waals surface area contributed by atoms with E-state index in [0.717, 1.165) is 0 Å². The van der Waals surface area contributed by atoms with Crippen LogP contribution in [-0.4, -0.2) is 31.1 Å². The SMILES string of the molecule is CNC(=O)NC(=O)[C@H](C)OC(=O)c1cc(F)c(F)cc1Cl. The van der Waals surface area contributed by atoms with Crippen LogP contribution in [0.1, 0.15) is 17.3 Å². The lowest BCUT2D eigenvalue weighted by Gasteiger charge is -2.13. The van der Waals surface area contributed by atoms with Crippen molar-refractivity contribution >= 4 is 29.5 Å². The molecule has 2 N–H and O–H groups in total. The molecule has 0 fully saturated rings. The zero-order chi connectivity index (χ0) is 16.2. The topological polar surface area (TPSA) is 84.5 Å². The van der Waals surface area contributed by atoms with Gasteiger partial charge in [-0.05, 0) is 19.1 Å². The van der Waals surface area contributed by atoms with Crippen molar-refractivity contribution < 1.29 is 27.9 Å². The van der Waals surface area contributed by atoms with Crippen LogP contribution in [0.3, 0.4) is 0 Å². The second-order valence-electron chi connectivity index (χ2n) is 3.86. The molecule has 0 aliphatic rings. The number of hydrogen-bond donors (Lipinski definition) is 2. The highest BCUT2D eigenvalue weighted by atomic mass is 35.5. The highest BCUT2D eigenvalue weighted by Crippen LogP contribution is 2.21. The second-order valence-corrected chi connectivity index (χ2v) is 4.27. The van der Waals surface area contributed by atoms with Gasteiger partial charge in [-0.3, -0.25) is 10.1 Å². The summed E-state index contributed by atoms with van der Waals surface area (Å²) in [5, 5.41) is 3.66. The minimum Gasteiger partial charge on any atom is -0.449 e. The number of benzene rings is 1. The molecule has 0 unspecified atom stereocenters. The van der Waals surface area contributed by atoms with Gasteiger partial charge in [0.25, 0.3) is 5.91 Å². The summed E-state index contributed by atoms with van der Waals surface area (Å²) in [5.74, 6) is -4.52. The van der Waals surface area contributed by atoms with Crippen LogP contribution >= 0.6 is 11.6 Å². The third-order valence-electron chi connectivity index (χ3n) is 2.35. The molecule has 1 atom stereocenters. The normalized spacial score (nSPS) is 11.5. The van der Waals surface area contributed by atoms with Gasteiger partial charge < -0.3 is 10.1 Å². The van der Waals surface area contributed by atoms with Crippen LogP contribution in [0, 0.1) is 11.6 Å². The number of carbonyl (C=O) groups is 3. The van der Waals surface area contributed by atoms with Crippen LogP contribution in [-0.2, 0) is 9.53 Å². The fourth-order valence-electron chi connectivity index (χ4n) is 1.23. The molecule has 0 radical (unpaired) electrons. The Morgan fingerprint density at radius 2 is 1.81 bits per heavy atom. The molecule has 0 aromatic heterocycles. The van der Waals surface area contributed by atoms with Gasteiger partial charge in [0, 0.05) is 7.05 Å². The van der Waals surface area contributed by atoms with Crippen molar-refractivity contribution in [2.75, 3.05) is 7.05 Å². The van der Waals surface area contributed by atoms with E-state index >= 15 is 0 Å². The summed E-state index contributed by atoms with van der Waals surface area (Å²) in [6.45, 7) is 1.20. The average Bonchev–Trinajstić information content (AvgIpc) is 2.42. The van der Waals surface area contributed by atoms with Gasteiger partial charge in [-0.2, -0.15) is 0 Å². The number of ether oxygens (including phenoxy) is 1. The lowest BCUT2D eigenvalue weighted by molar-refractivity contribution is -0.127. The van der Waals surface area contributed by atoms with Crippen LogP contribution in [0.4, 0.5) is 13.6 Å². The fraction of sp³-hybridized carbons (Fsp3) is 0.250. The van der Waals surface area contributed by atoms with E-state index in [1.54, 1.807) is 0 Å². The maximum atomic E-state index is 13.1. The smallest absolute Gasteiger partial charge is 0.340 e. The molecule has 9 heteroatoms. The predicted octanol–water partition coefficient (Wildman–Crippen LogP) is 1.62. The van der Waals surface area contributed by atoms with Crippen molar-refractivity contribution in [3.63, 3.8) is 0 Å². The van der Waals surface area contributed by atoms with E-state index in [1.807, 2.05) is 5.32 Å². The molecule has 0 heterocycles. The standard InChI is InChI=1S/C12H11ClF2N2O4/c1-5(10(18)17-12(20)16-2)21-11(19)6-3-8(14)9(15)4-7(6)13/h3-5H,1-2H3,(H2,16,17,18,20)/t5-/m0/s1. The molecule has 21 heavy (non-hydrogen) atoms. The summed E-state index contributed by atoms with van der Waals surface area (Å²) >= 11 is 5.59. The van der Waals surface area contributed by atoms with Crippen molar-refractivity contribution in [3.05, 3.63) is 34.4 Å². The highest BCUT2D eigenvalue weighted by Gasteiger charge is 2.23. The Morgan fingerprint density at radius 3 is 2.38 bits per heavy atom. The van der Waals surface area contributed by atoms with Crippen molar-refractivity contribution in [3.8, 4) is 0 Å². The lowest BCUT2D eigenvalue weighted by Crippen LogP contribution is -2.43. The van der Waals surface area contributed by atoms with Crippen molar-refractivity contribution in [1.82, 2.24) is 10.6 Å². The lowest BCUT2D eigenvalue weighted by atomic mass is 10.2. The molecule has 0 spiro atoms. The number of carbonyl (C=O) groups excluding carboxylic acids is 3. The number of amides is 3. The van der Waals surface area contributed by atoms with E-state index in [4.69, 9.17) is 16.3 Å². The Bertz CT molecular complexity index is 595. The van der Waals surface area contributed by atoms with Gasteiger partial charge in [-0.25, -0.2) is 18.4 Å². The first-order valence-corrected chi connectivity index (χ1v) is 6.02. The van der Waals surface area contributed by atoms with Crippen molar-refractivity contribution in [2.24, 2.45) is 0 Å². The molecule has 114 valence electrons. The molecule has 1 aromatic rings. The molecule has 1 rings (SSSR count). The maximum absolute atomic E-state index is 13.1. The zero-order valence-electron chi connectivity index (χ0n) is 11.0. The summed E-state index contributed by atoms with van der Waals surface area (Å²) in [4.78, 5) is 34.1. The van der Waals surface area contributed by atoms with Gasteiger partial charge in [-0.1, -0.05) is 11.6 Å². The van der Waals surface area contributed by atoms with Gasteiger partial charge in [0.15, 0.2) is 17.7 Å². The van der Waals surface area contributed by atoms with Crippen LogP contribution < -0.4 is 10.6 Å². The van der Waals surface area contributed by atoms with E-state index in [-0.39, 0.29) is 5.02 Å². The van der Waals surface area contributed by atoms with E-state index in [2.05, 4.69) is 5.32 Å². The Morgan fingerprint density at radius 1 is 1.24 bits per heavy atom. The highest BCUT2D eigenvalue weighted by molar-refractivity contribution is 6.33. The molecule has 6 nitrogen and oxygen atoms in total. The Labute approximate surface area is 123 Å². The predicted molar refractivity (Wildman–Crippen MR) is 68.8 cm³/mol. The first-order chi connectivity index (χ1) is 9.76. The molecule has 0 saturated carbocycles. The van der Waals surface area contributed by atoms with Gasteiger partial charge in [-0.15, -0.1) is 0 Å². The molecule has 0 bridgehead atoms. The van der Waals surface area contributed by atoms with Crippen LogP contribution in [0.25, 0.3) is 0 Å². The number of imide groups is 1. The number of urea groups is 1. The van der Waals surface area contributed by atoms with Crippen LogP contribution in [0.5, 0.6) is 0 Å². The van der Waals surface area contributed by atoms with Crippen molar-refractivity contribution in [1.29, 1.82) is 0 Å². The summed E-state index contributed by atoms with van der Waals surface area (Å²) in [5.41, 5.74) is -0.435. The summed E-state index contributed by atoms with van der Waals surface area (Å²) in [6.07, 6.45) is -1.33. The van der Waals surface area contributed by atoms with Crippen molar-refractivity contribution in [2.45, 2.75) is 13.0 Å². The molecule has 3 amide bonds. The van der Waals surface area contributed by atoms with E-state index < -0.39 is 41.2 Å². The molecule has 0 saturated heterocycles. The minimum atomic E-state index is -1.33. The molecular formula is C12H11ClF2N2O4. The number of hydrogen-bond acceptors (Lipinski definition) is 4. The van der Waals surface area contributed by atoms with E-state index in [9.17, 15) is 23.2 Å². The van der Waals surface area contributed by atoms with Gasteiger partial charge in [0.2, 0.25) is 0 Å². The van der Waals surface area contributed by atoms with E-state index in [0.29, 0.717) is 12.1 Å². The Hall–Kier alpha value is -2.22. The largest absolute Gasteiger partial charge is 0.449 e. The summed E-state index contributed by atoms with van der Waals surface area (Å²) in [6, 6.07) is 0.389. The summed E-state index contributed by atoms with van der Waals surface area (Å²) < 4.78 is 30.7. The van der Waals surface area contributed by atoms with Gasteiger partial charge in [0.05, 0.1) is 10.6 Å². The third kappa shape index (κ3) is 4.38. The monoisotopic (exact) mass is 320 g/mol. The van der Waals surface area contributed by atoms with Gasteiger partial charge in [0.1, 0.15) is 0 Å². The van der Waals surface area contributed by atoms with Gasteiger partial charge >= 0.3 is 12.0 Å². The Kier molecular flexibility index (Phi) is 5.60. The molecular weight excluding hydrogens is 310 g/mol. The van der Waals surface area contributed by atoms with Crippen LogP contribution in [0.15, 0.2) is 12.1 Å². The Balaban J connectivity index is 2.79. The maximum Gasteiger partial charge on any atom is 0.340 e.